The lowest BCUT2D eigenvalue weighted by atomic mass is 10.0. The highest BCUT2D eigenvalue weighted by atomic mass is 19.1. The van der Waals surface area contributed by atoms with Gasteiger partial charge in [0, 0.05) is 5.70 Å². The first kappa shape index (κ1) is 16.6. The van der Waals surface area contributed by atoms with E-state index in [1.54, 1.807) is 32.1 Å². The third-order valence-electron chi connectivity index (χ3n) is 2.76. The highest BCUT2D eigenvalue weighted by Crippen LogP contribution is 2.15. The molecule has 2 nitrogen and oxygen atoms in total. The normalized spacial score (nSPS) is 17.0. The molecule has 0 rings (SSSR count). The zero-order valence-corrected chi connectivity index (χ0v) is 11.7. The Labute approximate surface area is 109 Å². The Morgan fingerprint density at radius 2 is 1.94 bits per heavy atom. The quantitative estimate of drug-likeness (QED) is 0.708. The molecule has 0 radical (unpaired) electrons. The van der Waals surface area contributed by atoms with Crippen LogP contribution in [-0.2, 0) is 0 Å². The van der Waals surface area contributed by atoms with E-state index in [0.29, 0.717) is 23.3 Å². The fourth-order valence-corrected chi connectivity index (χ4v) is 1.37. The van der Waals surface area contributed by atoms with Gasteiger partial charge < -0.3 is 10.8 Å². The summed E-state index contributed by atoms with van der Waals surface area (Å²) in [5.74, 6) is -0.262. The molecule has 1 unspecified atom stereocenters. The monoisotopic (exact) mass is 253 g/mol. The lowest BCUT2D eigenvalue weighted by Gasteiger charge is -2.12. The van der Waals surface area contributed by atoms with Crippen molar-refractivity contribution in [2.75, 3.05) is 0 Å². The molecule has 0 aromatic heterocycles. The fourth-order valence-electron chi connectivity index (χ4n) is 1.37. The summed E-state index contributed by atoms with van der Waals surface area (Å²) in [4.78, 5) is 0. The van der Waals surface area contributed by atoms with E-state index in [9.17, 15) is 9.50 Å². The average molecular weight is 253 g/mol. The summed E-state index contributed by atoms with van der Waals surface area (Å²) in [5, 5.41) is 9.97. The number of aliphatic hydroxyl groups is 1. The van der Waals surface area contributed by atoms with Gasteiger partial charge in [0.1, 0.15) is 11.9 Å². The molecule has 0 aliphatic heterocycles. The van der Waals surface area contributed by atoms with Crippen LogP contribution in [0.25, 0.3) is 0 Å². The Kier molecular flexibility index (Phi) is 8.05. The Morgan fingerprint density at radius 3 is 2.39 bits per heavy atom. The Balaban J connectivity index is 4.95. The van der Waals surface area contributed by atoms with E-state index in [1.165, 1.54) is 6.08 Å². The van der Waals surface area contributed by atoms with Crippen molar-refractivity contribution in [2.45, 2.75) is 46.6 Å². The van der Waals surface area contributed by atoms with Crippen molar-refractivity contribution in [1.82, 2.24) is 0 Å². The van der Waals surface area contributed by atoms with E-state index >= 15 is 0 Å². The standard InChI is InChI=1S/C15H24FNO/c1-5-8-14(17)15(18)12(7-3)9-10-13(16)11(4)6-2/h7-10,15,18H,5-6,17H2,1-4H3/b10-9-,12-7+,13-11-,14-8+. The molecule has 0 saturated heterocycles. The predicted molar refractivity (Wildman–Crippen MR) is 75.6 cm³/mol. The minimum absolute atomic E-state index is 0.262. The SMILES string of the molecule is C\C=C(/C=C\C(F)=C(/C)CC)C(O)/C(N)=C\CC. The first-order valence-corrected chi connectivity index (χ1v) is 6.30. The molecule has 3 heteroatoms. The Bertz CT molecular complexity index is 378. The van der Waals surface area contributed by atoms with Crippen LogP contribution in [0.3, 0.4) is 0 Å². The number of halogens is 1. The van der Waals surface area contributed by atoms with Gasteiger partial charge >= 0.3 is 0 Å². The maximum absolute atomic E-state index is 13.5. The zero-order chi connectivity index (χ0) is 14.1. The smallest absolute Gasteiger partial charge is 0.122 e. The molecule has 1 atom stereocenters. The molecule has 3 N–H and O–H groups in total. The molecular weight excluding hydrogens is 229 g/mol. The van der Waals surface area contributed by atoms with Crippen molar-refractivity contribution in [1.29, 1.82) is 0 Å². The van der Waals surface area contributed by atoms with Crippen molar-refractivity contribution in [3.05, 3.63) is 47.0 Å². The second-order valence-electron chi connectivity index (χ2n) is 4.12. The largest absolute Gasteiger partial charge is 0.400 e. The lowest BCUT2D eigenvalue weighted by Crippen LogP contribution is -2.19. The van der Waals surface area contributed by atoms with Crippen LogP contribution in [0.5, 0.6) is 0 Å². The van der Waals surface area contributed by atoms with Crippen LogP contribution >= 0.6 is 0 Å². The second-order valence-corrected chi connectivity index (χ2v) is 4.12. The maximum atomic E-state index is 13.5. The molecular formula is C15H24FNO. The third-order valence-corrected chi connectivity index (χ3v) is 2.76. The van der Waals surface area contributed by atoms with E-state index < -0.39 is 6.10 Å². The molecule has 0 saturated carbocycles. The van der Waals surface area contributed by atoms with Crippen LogP contribution in [-0.4, -0.2) is 11.2 Å². The molecule has 0 amide bonds. The summed E-state index contributed by atoms with van der Waals surface area (Å²) in [6.07, 6.45) is 6.97. The molecule has 0 aliphatic rings. The maximum Gasteiger partial charge on any atom is 0.122 e. The minimum Gasteiger partial charge on any atom is -0.400 e. The average Bonchev–Trinajstić information content (AvgIpc) is 2.38. The van der Waals surface area contributed by atoms with Gasteiger partial charge in [-0.2, -0.15) is 0 Å². The number of hydrogen-bond donors (Lipinski definition) is 2. The molecule has 0 aromatic carbocycles. The first-order chi connectivity index (χ1) is 8.47. The number of aliphatic hydroxyl groups excluding tert-OH is 1. The molecule has 102 valence electrons. The van der Waals surface area contributed by atoms with Gasteiger partial charge in [0.05, 0.1) is 0 Å². The van der Waals surface area contributed by atoms with E-state index in [1.807, 2.05) is 13.8 Å². The molecule has 0 bridgehead atoms. The van der Waals surface area contributed by atoms with Crippen molar-refractivity contribution in [2.24, 2.45) is 5.73 Å². The van der Waals surface area contributed by atoms with Gasteiger partial charge in [-0.05, 0) is 43.9 Å². The van der Waals surface area contributed by atoms with Gasteiger partial charge in [-0.25, -0.2) is 4.39 Å². The summed E-state index contributed by atoms with van der Waals surface area (Å²) in [7, 11) is 0. The number of rotatable bonds is 6. The second kappa shape index (κ2) is 8.70. The van der Waals surface area contributed by atoms with Crippen molar-refractivity contribution in [3.63, 3.8) is 0 Å². The van der Waals surface area contributed by atoms with Gasteiger partial charge in [0.25, 0.3) is 0 Å². The molecule has 0 fully saturated rings. The third kappa shape index (κ3) is 5.32. The van der Waals surface area contributed by atoms with E-state index in [0.717, 1.165) is 6.42 Å². The van der Waals surface area contributed by atoms with Crippen LogP contribution in [0.4, 0.5) is 4.39 Å². The van der Waals surface area contributed by atoms with Gasteiger partial charge in [0.2, 0.25) is 0 Å². The van der Waals surface area contributed by atoms with Gasteiger partial charge in [0.15, 0.2) is 0 Å². The molecule has 0 heterocycles. The first-order valence-electron chi connectivity index (χ1n) is 6.30. The number of hydrogen-bond acceptors (Lipinski definition) is 2. The van der Waals surface area contributed by atoms with Gasteiger partial charge in [-0.1, -0.05) is 32.1 Å². The van der Waals surface area contributed by atoms with E-state index in [2.05, 4.69) is 0 Å². The molecule has 0 spiro atoms. The highest BCUT2D eigenvalue weighted by molar-refractivity contribution is 5.33. The number of allylic oxidation sites excluding steroid dienone is 5. The van der Waals surface area contributed by atoms with Crippen LogP contribution < -0.4 is 5.73 Å². The van der Waals surface area contributed by atoms with Crippen LogP contribution in [0, 0.1) is 0 Å². The summed E-state index contributed by atoms with van der Waals surface area (Å²) in [6, 6.07) is 0. The summed E-state index contributed by atoms with van der Waals surface area (Å²) in [5.41, 5.74) is 7.40. The molecule has 0 aromatic rings. The molecule has 18 heavy (non-hydrogen) atoms. The minimum atomic E-state index is -0.874. The van der Waals surface area contributed by atoms with E-state index in [4.69, 9.17) is 5.73 Å². The van der Waals surface area contributed by atoms with Crippen molar-refractivity contribution in [3.8, 4) is 0 Å². The summed E-state index contributed by atoms with van der Waals surface area (Å²) in [6.45, 7) is 7.38. The molecule has 0 aliphatic carbocycles. The lowest BCUT2D eigenvalue weighted by molar-refractivity contribution is 0.248. The van der Waals surface area contributed by atoms with Gasteiger partial charge in [-0.15, -0.1) is 0 Å². The summed E-state index contributed by atoms with van der Waals surface area (Å²) < 4.78 is 13.5. The fraction of sp³-hybridized carbons (Fsp3) is 0.467. The topological polar surface area (TPSA) is 46.2 Å². The van der Waals surface area contributed by atoms with Crippen molar-refractivity contribution < 1.29 is 9.50 Å². The highest BCUT2D eigenvalue weighted by Gasteiger charge is 2.10. The van der Waals surface area contributed by atoms with Gasteiger partial charge in [-0.3, -0.25) is 0 Å². The number of nitrogens with two attached hydrogens (primary N) is 1. The zero-order valence-electron chi connectivity index (χ0n) is 11.7. The Hall–Kier alpha value is -1.35. The predicted octanol–water partition coefficient (Wildman–Crippen LogP) is 3.76. The van der Waals surface area contributed by atoms with E-state index in [-0.39, 0.29) is 5.83 Å². The van der Waals surface area contributed by atoms with Crippen molar-refractivity contribution >= 4 is 0 Å². The van der Waals surface area contributed by atoms with Crippen LogP contribution in [0.2, 0.25) is 0 Å². The Morgan fingerprint density at radius 1 is 1.33 bits per heavy atom. The van der Waals surface area contributed by atoms with Crippen LogP contribution in [0.1, 0.15) is 40.5 Å². The summed E-state index contributed by atoms with van der Waals surface area (Å²) >= 11 is 0. The van der Waals surface area contributed by atoms with Crippen LogP contribution in [0.15, 0.2) is 47.0 Å².